The zero-order valence-electron chi connectivity index (χ0n) is 15.8. The van der Waals surface area contributed by atoms with Gasteiger partial charge in [-0.1, -0.05) is 93.2 Å². The van der Waals surface area contributed by atoms with Crippen LogP contribution in [0.15, 0.2) is 72.9 Å². The van der Waals surface area contributed by atoms with Crippen LogP contribution in [-0.4, -0.2) is 11.3 Å². The third-order valence-corrected chi connectivity index (χ3v) is 3.39. The van der Waals surface area contributed by atoms with Gasteiger partial charge in [-0.2, -0.15) is 5.48 Å². The SMILES string of the molecule is CC/C=C\CC/C=C/C=C\C/C=C\C/C=C\C=C\[C@H](CCC)NOO. The Kier molecular flexibility index (Phi) is 19.0. The molecule has 0 aromatic rings. The first-order chi connectivity index (χ1) is 12.3. The van der Waals surface area contributed by atoms with Crippen LogP contribution in [0.5, 0.6) is 0 Å². The molecule has 0 aliphatic carbocycles. The van der Waals surface area contributed by atoms with Gasteiger partial charge in [-0.3, -0.25) is 0 Å². The third-order valence-electron chi connectivity index (χ3n) is 3.39. The van der Waals surface area contributed by atoms with Crippen molar-refractivity contribution in [1.29, 1.82) is 0 Å². The van der Waals surface area contributed by atoms with Crippen molar-refractivity contribution in [2.24, 2.45) is 0 Å². The van der Waals surface area contributed by atoms with Crippen LogP contribution >= 0.6 is 0 Å². The lowest BCUT2D eigenvalue weighted by molar-refractivity contribution is -0.296. The van der Waals surface area contributed by atoms with Crippen LogP contribution in [0.1, 0.15) is 58.8 Å². The molecule has 0 radical (unpaired) electrons. The van der Waals surface area contributed by atoms with E-state index in [0.717, 1.165) is 44.9 Å². The fourth-order valence-electron chi connectivity index (χ4n) is 2.09. The van der Waals surface area contributed by atoms with Gasteiger partial charge in [-0.05, 0) is 38.5 Å². The van der Waals surface area contributed by atoms with Gasteiger partial charge < -0.3 is 0 Å². The minimum atomic E-state index is 0.0380. The summed E-state index contributed by atoms with van der Waals surface area (Å²) in [5.74, 6) is 0. The van der Waals surface area contributed by atoms with E-state index in [4.69, 9.17) is 5.26 Å². The van der Waals surface area contributed by atoms with Crippen molar-refractivity contribution in [2.45, 2.75) is 64.8 Å². The normalized spacial score (nSPS) is 14.5. The van der Waals surface area contributed by atoms with E-state index in [2.05, 4.69) is 79.0 Å². The van der Waals surface area contributed by atoms with E-state index < -0.39 is 0 Å². The van der Waals surface area contributed by atoms with Crippen LogP contribution < -0.4 is 5.48 Å². The molecule has 25 heavy (non-hydrogen) atoms. The van der Waals surface area contributed by atoms with E-state index >= 15 is 0 Å². The van der Waals surface area contributed by atoms with Gasteiger partial charge in [0, 0.05) is 0 Å². The molecule has 0 unspecified atom stereocenters. The number of hydrogen-bond donors (Lipinski definition) is 2. The van der Waals surface area contributed by atoms with E-state index in [0.29, 0.717) is 0 Å². The first kappa shape index (κ1) is 23.3. The van der Waals surface area contributed by atoms with Gasteiger partial charge in [0.1, 0.15) is 0 Å². The Balaban J connectivity index is 3.75. The molecule has 0 saturated carbocycles. The smallest absolute Gasteiger partial charge is 0.0535 e. The molecule has 0 spiro atoms. The highest BCUT2D eigenvalue weighted by Gasteiger charge is 2.00. The molecule has 1 atom stereocenters. The molecule has 3 heteroatoms. The second kappa shape index (κ2) is 20.4. The highest BCUT2D eigenvalue weighted by atomic mass is 17.2. The molecule has 0 amide bonds. The molecule has 140 valence electrons. The summed E-state index contributed by atoms with van der Waals surface area (Å²) >= 11 is 0. The molecular weight excluding hydrogens is 310 g/mol. The van der Waals surface area contributed by atoms with E-state index in [1.165, 1.54) is 0 Å². The Hall–Kier alpha value is -1.68. The van der Waals surface area contributed by atoms with Gasteiger partial charge in [0.2, 0.25) is 0 Å². The Bertz CT molecular complexity index is 439. The third kappa shape index (κ3) is 18.5. The highest BCUT2D eigenvalue weighted by Crippen LogP contribution is 1.99. The Labute approximate surface area is 154 Å². The Morgan fingerprint density at radius 2 is 1.44 bits per heavy atom. The highest BCUT2D eigenvalue weighted by molar-refractivity contribution is 5.09. The molecule has 0 saturated heterocycles. The van der Waals surface area contributed by atoms with Crippen molar-refractivity contribution in [1.82, 2.24) is 5.48 Å². The zero-order chi connectivity index (χ0) is 18.4. The summed E-state index contributed by atoms with van der Waals surface area (Å²) in [7, 11) is 0. The summed E-state index contributed by atoms with van der Waals surface area (Å²) in [4.78, 5) is 3.99. The molecule has 0 aromatic carbocycles. The quantitative estimate of drug-likeness (QED) is 0.118. The van der Waals surface area contributed by atoms with Crippen molar-refractivity contribution >= 4 is 0 Å². The molecular formula is C22H35NO2. The van der Waals surface area contributed by atoms with Crippen molar-refractivity contribution in [3.05, 3.63) is 72.9 Å². The second-order valence-electron chi connectivity index (χ2n) is 5.67. The van der Waals surface area contributed by atoms with Gasteiger partial charge in [0.05, 0.1) is 6.04 Å². The predicted octanol–water partition coefficient (Wildman–Crippen LogP) is 6.46. The second-order valence-corrected chi connectivity index (χ2v) is 5.67. The van der Waals surface area contributed by atoms with E-state index in [-0.39, 0.29) is 6.04 Å². The molecule has 0 aliphatic rings. The lowest BCUT2D eigenvalue weighted by Crippen LogP contribution is -2.25. The van der Waals surface area contributed by atoms with E-state index in [1.807, 2.05) is 18.2 Å². The minimum absolute atomic E-state index is 0.0380. The van der Waals surface area contributed by atoms with Crippen LogP contribution in [0, 0.1) is 0 Å². The topological polar surface area (TPSA) is 41.5 Å². The van der Waals surface area contributed by atoms with Crippen molar-refractivity contribution < 1.29 is 10.2 Å². The number of allylic oxidation sites excluding steroid dienone is 11. The van der Waals surface area contributed by atoms with E-state index in [9.17, 15) is 0 Å². The summed E-state index contributed by atoms with van der Waals surface area (Å²) in [6.45, 7) is 4.25. The maximum absolute atomic E-state index is 8.41. The van der Waals surface area contributed by atoms with E-state index in [1.54, 1.807) is 0 Å². The van der Waals surface area contributed by atoms with Gasteiger partial charge in [0.25, 0.3) is 0 Å². The molecule has 0 fully saturated rings. The molecule has 0 aliphatic heterocycles. The Morgan fingerprint density at radius 1 is 0.800 bits per heavy atom. The minimum Gasteiger partial charge on any atom is -0.233 e. The maximum Gasteiger partial charge on any atom is 0.0535 e. The molecule has 0 rings (SSSR count). The molecule has 0 bridgehead atoms. The van der Waals surface area contributed by atoms with Crippen molar-refractivity contribution in [2.75, 3.05) is 0 Å². The van der Waals surface area contributed by atoms with Gasteiger partial charge in [0.15, 0.2) is 0 Å². The summed E-state index contributed by atoms with van der Waals surface area (Å²) in [6.07, 6.45) is 32.6. The first-order valence-electron chi connectivity index (χ1n) is 9.36. The van der Waals surface area contributed by atoms with Crippen LogP contribution in [0.2, 0.25) is 0 Å². The number of hydroxylamine groups is 1. The molecule has 0 heterocycles. The monoisotopic (exact) mass is 345 g/mol. The maximum atomic E-state index is 8.41. The van der Waals surface area contributed by atoms with Crippen LogP contribution in [-0.2, 0) is 4.99 Å². The fraction of sp³-hybridized carbons (Fsp3) is 0.455. The largest absolute Gasteiger partial charge is 0.233 e. The predicted molar refractivity (Wildman–Crippen MR) is 109 cm³/mol. The Morgan fingerprint density at radius 3 is 2.08 bits per heavy atom. The van der Waals surface area contributed by atoms with Crippen molar-refractivity contribution in [3.63, 3.8) is 0 Å². The average Bonchev–Trinajstić information content (AvgIpc) is 2.61. The summed E-state index contributed by atoms with van der Waals surface area (Å²) in [5.41, 5.74) is 2.54. The van der Waals surface area contributed by atoms with Crippen LogP contribution in [0.4, 0.5) is 0 Å². The molecule has 0 aromatic heterocycles. The van der Waals surface area contributed by atoms with Gasteiger partial charge in [-0.15, -0.1) is 4.99 Å². The number of unbranched alkanes of at least 4 members (excludes halogenated alkanes) is 1. The average molecular weight is 346 g/mol. The fourth-order valence-corrected chi connectivity index (χ4v) is 2.09. The standard InChI is InChI=1S/C22H35NO2/c1-3-5-6-7-8-9-10-11-12-13-14-15-16-17-18-19-21-22(20-4-2)23-25-24/h5-6,9-12,14-15,17-19,21-24H,3-4,7-8,13,16,20H2,1-2H3/b6-5-,10-9+,12-11-,15-14-,18-17-,21-19+/t22-/m0/s1. The van der Waals surface area contributed by atoms with Crippen LogP contribution in [0.3, 0.4) is 0 Å². The first-order valence-corrected chi connectivity index (χ1v) is 9.36. The van der Waals surface area contributed by atoms with Gasteiger partial charge in [-0.25, -0.2) is 5.26 Å². The number of nitrogens with one attached hydrogen (secondary N) is 1. The molecule has 2 N–H and O–H groups in total. The number of hydrogen-bond acceptors (Lipinski definition) is 3. The van der Waals surface area contributed by atoms with Gasteiger partial charge >= 0.3 is 0 Å². The zero-order valence-corrected chi connectivity index (χ0v) is 15.8. The lowest BCUT2D eigenvalue weighted by Gasteiger charge is -2.08. The summed E-state index contributed by atoms with van der Waals surface area (Å²) < 4.78 is 0. The number of rotatable bonds is 15. The molecule has 3 nitrogen and oxygen atoms in total. The lowest BCUT2D eigenvalue weighted by atomic mass is 10.1. The van der Waals surface area contributed by atoms with Crippen molar-refractivity contribution in [3.8, 4) is 0 Å². The summed E-state index contributed by atoms with van der Waals surface area (Å²) in [6, 6.07) is 0.0380. The summed E-state index contributed by atoms with van der Waals surface area (Å²) in [5, 5.41) is 8.41. The van der Waals surface area contributed by atoms with Crippen LogP contribution in [0.25, 0.3) is 0 Å².